The Hall–Kier alpha value is -0.360. The van der Waals surface area contributed by atoms with Crippen LogP contribution in [0.15, 0.2) is 0 Å². The first-order chi connectivity index (χ1) is 9.73. The highest BCUT2D eigenvalue weighted by Gasteiger charge is 2.48. The molecule has 2 rings (SSSR count). The Morgan fingerprint density at radius 1 is 0.667 bits per heavy atom. The molecule has 2 fully saturated rings. The fourth-order valence-electron chi connectivity index (χ4n) is 2.49. The summed E-state index contributed by atoms with van der Waals surface area (Å²) < 4.78 is 15.6. The van der Waals surface area contributed by atoms with E-state index < -0.39 is 61.4 Å². The number of rotatable bonds is 2. The van der Waals surface area contributed by atoms with E-state index in [9.17, 15) is 30.6 Å². The molecule has 6 N–H and O–H groups in total. The van der Waals surface area contributed by atoms with Gasteiger partial charge in [0.1, 0.15) is 36.6 Å². The van der Waals surface area contributed by atoms with Crippen molar-refractivity contribution in [3.8, 4) is 0 Å². The van der Waals surface area contributed by atoms with E-state index in [1.165, 1.54) is 13.8 Å². The highest BCUT2D eigenvalue weighted by atomic mass is 16.7. The molecule has 0 spiro atoms. The Morgan fingerprint density at radius 3 is 1.90 bits per heavy atom. The van der Waals surface area contributed by atoms with Gasteiger partial charge in [-0.3, -0.25) is 0 Å². The average Bonchev–Trinajstić information content (AvgIpc) is 2.44. The standard InChI is InChI=1S/C12H22O9/c1-3-5(13)6(14)9(17)12(20-3)21-10-4(2)19-11(18)8(16)7(10)15/h3-18H,1-2H3/t3-,4-,5-,6+,7-,8-,9-,10-,11?,12-/m1/s1. The van der Waals surface area contributed by atoms with Crippen LogP contribution in [0.5, 0.6) is 0 Å². The molecule has 2 heterocycles. The predicted octanol–water partition coefficient (Wildman–Crippen LogP) is -3.34. The van der Waals surface area contributed by atoms with Gasteiger partial charge in [0.2, 0.25) is 0 Å². The number of hydrogen-bond donors (Lipinski definition) is 6. The third-order valence-electron chi connectivity index (χ3n) is 3.90. The van der Waals surface area contributed by atoms with Gasteiger partial charge in [-0.1, -0.05) is 0 Å². The summed E-state index contributed by atoms with van der Waals surface area (Å²) in [5.41, 5.74) is 0. The van der Waals surface area contributed by atoms with Crippen molar-refractivity contribution in [3.05, 3.63) is 0 Å². The van der Waals surface area contributed by atoms with Crippen LogP contribution in [-0.4, -0.2) is 92.1 Å². The number of hydrogen-bond acceptors (Lipinski definition) is 9. The minimum atomic E-state index is -1.57. The first kappa shape index (κ1) is 17.0. The smallest absolute Gasteiger partial charge is 0.187 e. The second-order valence-electron chi connectivity index (χ2n) is 5.50. The van der Waals surface area contributed by atoms with Crippen molar-refractivity contribution >= 4 is 0 Å². The normalized spacial score (nSPS) is 55.4. The van der Waals surface area contributed by atoms with Gasteiger partial charge in [-0.2, -0.15) is 0 Å². The third-order valence-corrected chi connectivity index (χ3v) is 3.90. The molecule has 0 aromatic carbocycles. The Kier molecular flexibility index (Phi) is 5.19. The zero-order valence-corrected chi connectivity index (χ0v) is 11.7. The molecule has 0 aromatic heterocycles. The molecule has 0 aliphatic carbocycles. The zero-order chi connectivity index (χ0) is 15.9. The zero-order valence-electron chi connectivity index (χ0n) is 11.7. The predicted molar refractivity (Wildman–Crippen MR) is 65.8 cm³/mol. The van der Waals surface area contributed by atoms with Gasteiger partial charge < -0.3 is 44.8 Å². The molecule has 9 nitrogen and oxygen atoms in total. The summed E-state index contributed by atoms with van der Waals surface area (Å²) >= 11 is 0. The summed E-state index contributed by atoms with van der Waals surface area (Å²) in [4.78, 5) is 0. The second-order valence-corrected chi connectivity index (χ2v) is 5.50. The molecule has 0 amide bonds. The average molecular weight is 310 g/mol. The van der Waals surface area contributed by atoms with Crippen LogP contribution in [0.3, 0.4) is 0 Å². The van der Waals surface area contributed by atoms with E-state index in [1.807, 2.05) is 0 Å². The van der Waals surface area contributed by atoms with Gasteiger partial charge in [0.25, 0.3) is 0 Å². The lowest BCUT2D eigenvalue weighted by atomic mass is 9.98. The minimum Gasteiger partial charge on any atom is -0.388 e. The summed E-state index contributed by atoms with van der Waals surface area (Å²) in [5.74, 6) is 0. The lowest BCUT2D eigenvalue weighted by molar-refractivity contribution is -0.348. The van der Waals surface area contributed by atoms with Crippen molar-refractivity contribution < 1.29 is 44.8 Å². The van der Waals surface area contributed by atoms with Gasteiger partial charge in [-0.05, 0) is 13.8 Å². The molecule has 124 valence electrons. The highest BCUT2D eigenvalue weighted by molar-refractivity contribution is 4.91. The molecule has 0 saturated carbocycles. The summed E-state index contributed by atoms with van der Waals surface area (Å²) in [5, 5.41) is 58.0. The Bertz CT molecular complexity index is 354. The Morgan fingerprint density at radius 2 is 1.29 bits per heavy atom. The van der Waals surface area contributed by atoms with Gasteiger partial charge in [-0.15, -0.1) is 0 Å². The van der Waals surface area contributed by atoms with Crippen LogP contribution in [0, 0.1) is 0 Å². The topological polar surface area (TPSA) is 149 Å². The highest BCUT2D eigenvalue weighted by Crippen LogP contribution is 2.28. The molecule has 1 unspecified atom stereocenters. The van der Waals surface area contributed by atoms with Crippen LogP contribution in [0.2, 0.25) is 0 Å². The molecule has 10 atom stereocenters. The van der Waals surface area contributed by atoms with Crippen LogP contribution in [0.25, 0.3) is 0 Å². The van der Waals surface area contributed by atoms with E-state index in [-0.39, 0.29) is 0 Å². The van der Waals surface area contributed by atoms with E-state index in [2.05, 4.69) is 0 Å². The molecule has 2 saturated heterocycles. The summed E-state index contributed by atoms with van der Waals surface area (Å²) in [7, 11) is 0. The fraction of sp³-hybridized carbons (Fsp3) is 1.00. The maximum absolute atomic E-state index is 9.91. The molecule has 2 aliphatic rings. The van der Waals surface area contributed by atoms with E-state index in [0.29, 0.717) is 0 Å². The fourth-order valence-corrected chi connectivity index (χ4v) is 2.49. The van der Waals surface area contributed by atoms with Crippen molar-refractivity contribution in [3.63, 3.8) is 0 Å². The van der Waals surface area contributed by atoms with Crippen molar-refractivity contribution in [1.29, 1.82) is 0 Å². The Labute approximate surface area is 121 Å². The van der Waals surface area contributed by atoms with Gasteiger partial charge in [0, 0.05) is 0 Å². The lowest BCUT2D eigenvalue weighted by Crippen LogP contribution is -2.62. The van der Waals surface area contributed by atoms with Gasteiger partial charge >= 0.3 is 0 Å². The van der Waals surface area contributed by atoms with Crippen molar-refractivity contribution in [2.75, 3.05) is 0 Å². The maximum atomic E-state index is 9.91. The molecule has 21 heavy (non-hydrogen) atoms. The van der Waals surface area contributed by atoms with Crippen molar-refractivity contribution in [2.24, 2.45) is 0 Å². The first-order valence-corrected chi connectivity index (χ1v) is 6.78. The quantitative estimate of drug-likeness (QED) is 0.308. The molecule has 2 aliphatic heterocycles. The van der Waals surface area contributed by atoms with Gasteiger partial charge in [0.05, 0.1) is 12.2 Å². The van der Waals surface area contributed by atoms with E-state index in [1.54, 1.807) is 0 Å². The number of aliphatic hydroxyl groups is 6. The maximum Gasteiger partial charge on any atom is 0.187 e. The van der Waals surface area contributed by atoms with Gasteiger partial charge in [0.15, 0.2) is 12.6 Å². The largest absolute Gasteiger partial charge is 0.388 e. The van der Waals surface area contributed by atoms with E-state index >= 15 is 0 Å². The van der Waals surface area contributed by atoms with Crippen LogP contribution in [0.4, 0.5) is 0 Å². The summed E-state index contributed by atoms with van der Waals surface area (Å²) in [6.45, 7) is 3.00. The monoisotopic (exact) mass is 310 g/mol. The van der Waals surface area contributed by atoms with Crippen molar-refractivity contribution in [1.82, 2.24) is 0 Å². The summed E-state index contributed by atoms with van der Waals surface area (Å²) in [6, 6.07) is 0. The molecule has 0 bridgehead atoms. The number of ether oxygens (including phenoxy) is 3. The third kappa shape index (κ3) is 3.21. The SMILES string of the molecule is C[C@H]1O[C@H](O[C@H]2[C@H](O)[C@@H](O)C(O)O[C@@H]2C)[C@H](O)[C@@H](O)[C@@H]1O. The second kappa shape index (κ2) is 6.41. The van der Waals surface area contributed by atoms with Crippen LogP contribution < -0.4 is 0 Å². The molecule has 0 aromatic rings. The van der Waals surface area contributed by atoms with E-state index in [0.717, 1.165) is 0 Å². The lowest BCUT2D eigenvalue weighted by Gasteiger charge is -2.44. The van der Waals surface area contributed by atoms with Crippen molar-refractivity contribution in [2.45, 2.75) is 75.3 Å². The molecule has 9 heteroatoms. The van der Waals surface area contributed by atoms with Crippen LogP contribution in [-0.2, 0) is 14.2 Å². The van der Waals surface area contributed by atoms with Crippen LogP contribution in [0.1, 0.15) is 13.8 Å². The molecule has 0 radical (unpaired) electrons. The number of aliphatic hydroxyl groups excluding tert-OH is 6. The van der Waals surface area contributed by atoms with E-state index in [4.69, 9.17) is 14.2 Å². The molecular formula is C12H22O9. The summed E-state index contributed by atoms with van der Waals surface area (Å²) in [6.07, 6.45) is -12.8. The minimum absolute atomic E-state index is 0.784. The Balaban J connectivity index is 2.06. The van der Waals surface area contributed by atoms with Crippen LogP contribution >= 0.6 is 0 Å². The molecular weight excluding hydrogens is 288 g/mol. The van der Waals surface area contributed by atoms with Gasteiger partial charge in [-0.25, -0.2) is 0 Å². The first-order valence-electron chi connectivity index (χ1n) is 6.78.